The van der Waals surface area contributed by atoms with Gasteiger partial charge in [-0.2, -0.15) is 0 Å². The number of anilines is 5. The van der Waals surface area contributed by atoms with Gasteiger partial charge in [-0.15, -0.1) is 0 Å². The Labute approximate surface area is 178 Å². The van der Waals surface area contributed by atoms with E-state index >= 15 is 0 Å². The molecule has 3 aromatic heterocycles. The molecular weight excluding hydrogens is 418 g/mol. The Hall–Kier alpha value is -3.99. The fraction of sp³-hybridized carbons (Fsp3) is 0.100. The quantitative estimate of drug-likeness (QED) is 0.395. The summed E-state index contributed by atoms with van der Waals surface area (Å²) in [6, 6.07) is 14.0. The van der Waals surface area contributed by atoms with Gasteiger partial charge < -0.3 is 15.2 Å². The van der Waals surface area contributed by atoms with Crippen molar-refractivity contribution >= 4 is 38.9 Å². The molecular formula is C20H19N7O3S. The molecule has 0 radical (unpaired) electrons. The average molecular weight is 437 g/mol. The summed E-state index contributed by atoms with van der Waals surface area (Å²) >= 11 is 0. The third-order valence-corrected chi connectivity index (χ3v) is 5.86. The molecule has 10 nitrogen and oxygen atoms in total. The van der Waals surface area contributed by atoms with Gasteiger partial charge >= 0.3 is 0 Å². The van der Waals surface area contributed by atoms with E-state index in [1.807, 2.05) is 18.2 Å². The fourth-order valence-electron chi connectivity index (χ4n) is 2.90. The maximum absolute atomic E-state index is 12.6. The van der Waals surface area contributed by atoms with Crippen molar-refractivity contribution in [2.45, 2.75) is 18.7 Å². The van der Waals surface area contributed by atoms with Gasteiger partial charge in [-0.3, -0.25) is 4.72 Å². The maximum atomic E-state index is 12.6. The number of pyridine rings is 1. The smallest absolute Gasteiger partial charge is 0.267 e. The Morgan fingerprint density at radius 1 is 0.839 bits per heavy atom. The van der Waals surface area contributed by atoms with Gasteiger partial charge in [0, 0.05) is 23.6 Å². The first-order valence-electron chi connectivity index (χ1n) is 9.23. The lowest BCUT2D eigenvalue weighted by molar-refractivity contribution is 0.390. The minimum absolute atomic E-state index is 0.0450. The van der Waals surface area contributed by atoms with E-state index in [1.165, 1.54) is 6.33 Å². The molecule has 0 unspecified atom stereocenters. The number of nitrogens with one attached hydrogen (secondary N) is 3. The van der Waals surface area contributed by atoms with Crippen molar-refractivity contribution in [3.63, 3.8) is 0 Å². The third kappa shape index (κ3) is 4.78. The molecule has 0 aliphatic rings. The van der Waals surface area contributed by atoms with Gasteiger partial charge in [-0.05, 0) is 50.2 Å². The summed E-state index contributed by atoms with van der Waals surface area (Å²) < 4.78 is 32.7. The van der Waals surface area contributed by atoms with Gasteiger partial charge in [-0.25, -0.2) is 23.4 Å². The molecule has 3 N–H and O–H groups in total. The first-order chi connectivity index (χ1) is 14.9. The normalized spacial score (nSPS) is 11.2. The predicted octanol–water partition coefficient (Wildman–Crippen LogP) is 3.76. The van der Waals surface area contributed by atoms with Gasteiger partial charge in [0.1, 0.15) is 29.5 Å². The maximum Gasteiger partial charge on any atom is 0.267 e. The lowest BCUT2D eigenvalue weighted by Gasteiger charge is -2.10. The number of aromatic nitrogens is 4. The topological polar surface area (TPSA) is 135 Å². The first-order valence-corrected chi connectivity index (χ1v) is 10.7. The summed E-state index contributed by atoms with van der Waals surface area (Å²) in [6.07, 6.45) is 3.11. The fourth-order valence-corrected chi connectivity index (χ4v) is 4.29. The van der Waals surface area contributed by atoms with Crippen LogP contribution in [0.3, 0.4) is 0 Å². The van der Waals surface area contributed by atoms with E-state index in [4.69, 9.17) is 4.52 Å². The second-order valence-electron chi connectivity index (χ2n) is 6.59. The number of nitrogens with zero attached hydrogens (tertiary/aromatic N) is 4. The number of hydrogen-bond acceptors (Lipinski definition) is 9. The summed E-state index contributed by atoms with van der Waals surface area (Å²) in [5, 5.41) is 9.94. The largest absolute Gasteiger partial charge is 0.360 e. The van der Waals surface area contributed by atoms with Crippen LogP contribution in [-0.4, -0.2) is 28.5 Å². The summed E-state index contributed by atoms with van der Waals surface area (Å²) in [5.74, 6) is 2.06. The Kier molecular flexibility index (Phi) is 5.50. The molecule has 4 aromatic rings. The van der Waals surface area contributed by atoms with E-state index in [0.29, 0.717) is 28.8 Å². The number of hydrogen-bond donors (Lipinski definition) is 3. The summed E-state index contributed by atoms with van der Waals surface area (Å²) in [5.41, 5.74) is 1.44. The minimum atomic E-state index is -3.80. The molecule has 0 aliphatic carbocycles. The molecule has 11 heteroatoms. The SMILES string of the molecule is Cc1noc(C)c1S(=O)(=O)Nc1ccc(Nc2cc(Nc3ccccn3)ncn2)cc1. The molecule has 1 aromatic carbocycles. The van der Waals surface area contributed by atoms with Crippen molar-refractivity contribution < 1.29 is 12.9 Å². The zero-order chi connectivity index (χ0) is 21.8. The van der Waals surface area contributed by atoms with Crippen molar-refractivity contribution in [2.24, 2.45) is 0 Å². The highest BCUT2D eigenvalue weighted by Gasteiger charge is 2.24. The van der Waals surface area contributed by atoms with E-state index in [9.17, 15) is 8.42 Å². The number of rotatable bonds is 7. The highest BCUT2D eigenvalue weighted by atomic mass is 32.2. The third-order valence-electron chi connectivity index (χ3n) is 4.23. The minimum Gasteiger partial charge on any atom is -0.360 e. The van der Waals surface area contributed by atoms with Crippen LogP contribution in [0, 0.1) is 13.8 Å². The highest BCUT2D eigenvalue weighted by molar-refractivity contribution is 7.92. The standard InChI is InChI=1S/C20H19N7O3S/c1-13-20(14(2)30-26-13)31(28,29)27-16-8-6-15(7-9-16)24-18-11-19(23-12-22-18)25-17-5-3-4-10-21-17/h3-12,27H,1-2H3,(H2,21,22,23,24,25). The Balaban J connectivity index is 1.45. The van der Waals surface area contributed by atoms with E-state index in [-0.39, 0.29) is 10.7 Å². The molecule has 0 spiro atoms. The highest BCUT2D eigenvalue weighted by Crippen LogP contribution is 2.24. The van der Waals surface area contributed by atoms with Crippen LogP contribution in [0.1, 0.15) is 11.5 Å². The van der Waals surface area contributed by atoms with Crippen molar-refractivity contribution in [2.75, 3.05) is 15.4 Å². The lowest BCUT2D eigenvalue weighted by atomic mass is 10.3. The van der Waals surface area contributed by atoms with Crippen LogP contribution in [0.5, 0.6) is 0 Å². The van der Waals surface area contributed by atoms with E-state index in [1.54, 1.807) is 50.4 Å². The molecule has 0 amide bonds. The lowest BCUT2D eigenvalue weighted by Crippen LogP contribution is -2.14. The monoisotopic (exact) mass is 437 g/mol. The second-order valence-corrected chi connectivity index (χ2v) is 8.21. The second kappa shape index (κ2) is 8.40. The molecule has 4 rings (SSSR count). The number of aryl methyl sites for hydroxylation is 2. The number of sulfonamides is 1. The molecule has 31 heavy (non-hydrogen) atoms. The molecule has 0 saturated heterocycles. The van der Waals surface area contributed by atoms with Crippen molar-refractivity contribution in [3.8, 4) is 0 Å². The van der Waals surface area contributed by atoms with Crippen LogP contribution < -0.4 is 15.4 Å². The molecule has 0 atom stereocenters. The molecule has 0 aliphatic heterocycles. The summed E-state index contributed by atoms with van der Waals surface area (Å²) in [7, 11) is -3.80. The van der Waals surface area contributed by atoms with Crippen LogP contribution in [0.15, 0.2) is 70.5 Å². The van der Waals surface area contributed by atoms with Crippen LogP contribution in [0.2, 0.25) is 0 Å². The Morgan fingerprint density at radius 3 is 2.19 bits per heavy atom. The molecule has 0 saturated carbocycles. The van der Waals surface area contributed by atoms with Gasteiger partial charge in [0.25, 0.3) is 10.0 Å². The average Bonchev–Trinajstić information content (AvgIpc) is 3.09. The molecule has 0 fully saturated rings. The van der Waals surface area contributed by atoms with Gasteiger partial charge in [0.2, 0.25) is 0 Å². The van der Waals surface area contributed by atoms with Crippen LogP contribution in [-0.2, 0) is 10.0 Å². The van der Waals surface area contributed by atoms with Crippen molar-refractivity contribution in [1.82, 2.24) is 20.1 Å². The van der Waals surface area contributed by atoms with E-state index in [2.05, 4.69) is 35.5 Å². The first kappa shape index (κ1) is 20.3. The summed E-state index contributed by atoms with van der Waals surface area (Å²) in [6.45, 7) is 3.14. The van der Waals surface area contributed by atoms with Crippen molar-refractivity contribution in [1.29, 1.82) is 0 Å². The summed E-state index contributed by atoms with van der Waals surface area (Å²) in [4.78, 5) is 12.6. The zero-order valence-electron chi connectivity index (χ0n) is 16.7. The molecule has 0 bridgehead atoms. The van der Waals surface area contributed by atoms with Gasteiger partial charge in [0.15, 0.2) is 10.7 Å². The van der Waals surface area contributed by atoms with Crippen LogP contribution in [0.25, 0.3) is 0 Å². The van der Waals surface area contributed by atoms with Gasteiger partial charge in [-0.1, -0.05) is 11.2 Å². The predicted molar refractivity (Wildman–Crippen MR) is 116 cm³/mol. The number of benzene rings is 1. The molecule has 158 valence electrons. The van der Waals surface area contributed by atoms with E-state index < -0.39 is 10.0 Å². The molecule has 3 heterocycles. The van der Waals surface area contributed by atoms with Crippen molar-refractivity contribution in [3.05, 3.63) is 72.5 Å². The van der Waals surface area contributed by atoms with Gasteiger partial charge in [0.05, 0.1) is 0 Å². The Bertz CT molecular complexity index is 1270. The van der Waals surface area contributed by atoms with Crippen LogP contribution >= 0.6 is 0 Å². The zero-order valence-corrected chi connectivity index (χ0v) is 17.5. The Morgan fingerprint density at radius 2 is 1.55 bits per heavy atom. The van der Waals surface area contributed by atoms with Crippen LogP contribution in [0.4, 0.5) is 28.8 Å². The van der Waals surface area contributed by atoms with E-state index in [0.717, 1.165) is 5.69 Å².